The van der Waals surface area contributed by atoms with Crippen molar-refractivity contribution in [2.75, 3.05) is 73.1 Å². The average molecular weight is 445 g/mol. The van der Waals surface area contributed by atoms with Crippen LogP contribution in [-0.2, 0) is 22.6 Å². The van der Waals surface area contributed by atoms with E-state index in [2.05, 4.69) is 44.7 Å². The van der Waals surface area contributed by atoms with Gasteiger partial charge in [-0.15, -0.1) is 0 Å². The Morgan fingerprint density at radius 3 is 2.34 bits per heavy atom. The topological polar surface area (TPSA) is 72.4 Å². The maximum atomic E-state index is 12.0. The van der Waals surface area contributed by atoms with Crippen LogP contribution in [0, 0.1) is 0 Å². The Morgan fingerprint density at radius 1 is 0.969 bits per heavy atom. The van der Waals surface area contributed by atoms with E-state index in [4.69, 9.17) is 9.73 Å². The lowest BCUT2D eigenvalue weighted by Crippen LogP contribution is -2.46. The molecule has 0 unspecified atom stereocenters. The van der Waals surface area contributed by atoms with Crippen molar-refractivity contribution >= 4 is 11.9 Å². The first-order valence-electron chi connectivity index (χ1n) is 11.9. The van der Waals surface area contributed by atoms with Crippen LogP contribution in [0.3, 0.4) is 0 Å². The predicted molar refractivity (Wildman–Crippen MR) is 129 cm³/mol. The second kappa shape index (κ2) is 13.4. The van der Waals surface area contributed by atoms with Crippen LogP contribution in [0.2, 0.25) is 0 Å². The van der Waals surface area contributed by atoms with Gasteiger partial charge in [0.1, 0.15) is 0 Å². The van der Waals surface area contributed by atoms with Gasteiger partial charge in [0, 0.05) is 46.8 Å². The van der Waals surface area contributed by atoms with Crippen molar-refractivity contribution in [1.82, 2.24) is 25.3 Å². The highest BCUT2D eigenvalue weighted by Gasteiger charge is 2.12. The molecule has 2 aliphatic rings. The number of piperidine rings is 1. The van der Waals surface area contributed by atoms with E-state index >= 15 is 0 Å². The molecule has 8 nitrogen and oxygen atoms in total. The van der Waals surface area contributed by atoms with Gasteiger partial charge < -0.3 is 20.3 Å². The third-order valence-electron chi connectivity index (χ3n) is 6.03. The molecule has 2 aliphatic heterocycles. The molecule has 2 heterocycles. The molecule has 178 valence electrons. The normalized spacial score (nSPS) is 18.4. The smallest absolute Gasteiger partial charge is 0.241 e. The van der Waals surface area contributed by atoms with Crippen LogP contribution in [0.25, 0.3) is 0 Å². The highest BCUT2D eigenvalue weighted by Crippen LogP contribution is 2.14. The molecule has 0 aliphatic carbocycles. The van der Waals surface area contributed by atoms with Crippen molar-refractivity contribution in [3.63, 3.8) is 0 Å². The number of hydrogen-bond acceptors (Lipinski definition) is 5. The number of nitrogens with zero attached hydrogens (tertiary/aromatic N) is 4. The van der Waals surface area contributed by atoms with E-state index in [0.717, 1.165) is 45.9 Å². The standard InChI is InChI=1S/C24H40N6O2/c1-28(2)23(31)19-27-24(25-10-13-29-14-16-32-17-15-29)26-18-21-6-8-22(9-7-21)20-30-11-4-3-5-12-30/h6-9H,3-5,10-20H2,1-2H3,(H2,25,26,27). The van der Waals surface area contributed by atoms with E-state index in [0.29, 0.717) is 12.5 Å². The van der Waals surface area contributed by atoms with Gasteiger partial charge in [-0.25, -0.2) is 4.99 Å². The summed E-state index contributed by atoms with van der Waals surface area (Å²) < 4.78 is 5.41. The van der Waals surface area contributed by atoms with Crippen LogP contribution >= 0.6 is 0 Å². The Balaban J connectivity index is 1.51. The van der Waals surface area contributed by atoms with Gasteiger partial charge in [0.05, 0.1) is 26.3 Å². The molecule has 2 saturated heterocycles. The van der Waals surface area contributed by atoms with Crippen molar-refractivity contribution in [3.05, 3.63) is 35.4 Å². The molecule has 0 saturated carbocycles. The second-order valence-corrected chi connectivity index (χ2v) is 8.84. The minimum atomic E-state index is 0.0229. The van der Waals surface area contributed by atoms with Gasteiger partial charge in [-0.2, -0.15) is 0 Å². The number of nitrogens with one attached hydrogen (secondary N) is 2. The molecule has 2 N–H and O–H groups in total. The molecule has 1 aromatic carbocycles. The summed E-state index contributed by atoms with van der Waals surface area (Å²) in [5.41, 5.74) is 2.53. The van der Waals surface area contributed by atoms with Crippen LogP contribution in [0.5, 0.6) is 0 Å². The van der Waals surface area contributed by atoms with Crippen LogP contribution in [0.4, 0.5) is 0 Å². The zero-order chi connectivity index (χ0) is 22.6. The summed E-state index contributed by atoms with van der Waals surface area (Å²) >= 11 is 0. The largest absolute Gasteiger partial charge is 0.379 e. The lowest BCUT2D eigenvalue weighted by atomic mass is 10.1. The minimum absolute atomic E-state index is 0.0229. The van der Waals surface area contributed by atoms with E-state index < -0.39 is 0 Å². The van der Waals surface area contributed by atoms with Crippen molar-refractivity contribution < 1.29 is 9.53 Å². The number of carbonyl (C=O) groups excluding carboxylic acids is 1. The molecule has 1 amide bonds. The quantitative estimate of drug-likeness (QED) is 0.440. The maximum absolute atomic E-state index is 12.0. The third-order valence-corrected chi connectivity index (χ3v) is 6.03. The Kier molecular flexibility index (Phi) is 10.3. The first kappa shape index (κ1) is 24.5. The minimum Gasteiger partial charge on any atom is -0.379 e. The summed E-state index contributed by atoms with van der Waals surface area (Å²) in [6.45, 7) is 9.48. The summed E-state index contributed by atoms with van der Waals surface area (Å²) in [4.78, 5) is 23.2. The molecule has 3 rings (SSSR count). The Labute approximate surface area is 193 Å². The van der Waals surface area contributed by atoms with E-state index in [-0.39, 0.29) is 12.5 Å². The number of benzene rings is 1. The first-order valence-corrected chi connectivity index (χ1v) is 11.9. The zero-order valence-corrected chi connectivity index (χ0v) is 19.8. The van der Waals surface area contributed by atoms with Crippen LogP contribution in [0.1, 0.15) is 30.4 Å². The first-order chi connectivity index (χ1) is 15.6. The van der Waals surface area contributed by atoms with Gasteiger partial charge in [0.2, 0.25) is 5.91 Å². The van der Waals surface area contributed by atoms with E-state index in [9.17, 15) is 4.79 Å². The Bertz CT molecular complexity index is 710. The molecule has 2 fully saturated rings. The monoisotopic (exact) mass is 444 g/mol. The molecule has 32 heavy (non-hydrogen) atoms. The Morgan fingerprint density at radius 2 is 1.66 bits per heavy atom. The molecular weight excluding hydrogens is 404 g/mol. The summed E-state index contributed by atoms with van der Waals surface area (Å²) in [5.74, 6) is 0.695. The lowest BCUT2D eigenvalue weighted by molar-refractivity contribution is -0.127. The third kappa shape index (κ3) is 8.76. The number of guanidine groups is 1. The lowest BCUT2D eigenvalue weighted by Gasteiger charge is -2.26. The number of likely N-dealkylation sites (N-methyl/N-ethyl adjacent to an activating group) is 1. The fourth-order valence-electron chi connectivity index (χ4n) is 3.95. The van der Waals surface area contributed by atoms with Crippen LogP contribution in [-0.4, -0.2) is 99.7 Å². The summed E-state index contributed by atoms with van der Waals surface area (Å²) in [5, 5.41) is 6.55. The molecule has 0 spiro atoms. The molecular formula is C24H40N6O2. The van der Waals surface area contributed by atoms with Crippen LogP contribution < -0.4 is 10.6 Å². The van der Waals surface area contributed by atoms with E-state index in [1.54, 1.807) is 19.0 Å². The summed E-state index contributed by atoms with van der Waals surface area (Å²) in [6, 6.07) is 8.76. The number of ether oxygens (including phenoxy) is 1. The number of likely N-dealkylation sites (tertiary alicyclic amines) is 1. The highest BCUT2D eigenvalue weighted by atomic mass is 16.5. The number of morpholine rings is 1. The fraction of sp³-hybridized carbons (Fsp3) is 0.667. The summed E-state index contributed by atoms with van der Waals surface area (Å²) in [6.07, 6.45) is 4.00. The van der Waals surface area contributed by atoms with Gasteiger partial charge in [0.25, 0.3) is 0 Å². The number of amides is 1. The molecule has 8 heteroatoms. The SMILES string of the molecule is CN(C)C(=O)CNC(=NCc1ccc(CN2CCCCC2)cc1)NCCN1CCOCC1. The molecule has 0 radical (unpaired) electrons. The number of hydrogen-bond donors (Lipinski definition) is 2. The predicted octanol–water partition coefficient (Wildman–Crippen LogP) is 1.13. The number of rotatable bonds is 9. The fourth-order valence-corrected chi connectivity index (χ4v) is 3.95. The van der Waals surface area contributed by atoms with E-state index in [1.165, 1.54) is 43.5 Å². The van der Waals surface area contributed by atoms with Crippen molar-refractivity contribution in [1.29, 1.82) is 0 Å². The van der Waals surface area contributed by atoms with Crippen molar-refractivity contribution in [3.8, 4) is 0 Å². The second-order valence-electron chi connectivity index (χ2n) is 8.84. The van der Waals surface area contributed by atoms with Crippen molar-refractivity contribution in [2.24, 2.45) is 4.99 Å². The highest BCUT2D eigenvalue weighted by molar-refractivity contribution is 5.86. The molecule has 1 aromatic rings. The summed E-state index contributed by atoms with van der Waals surface area (Å²) in [7, 11) is 3.52. The van der Waals surface area contributed by atoms with Gasteiger partial charge >= 0.3 is 0 Å². The van der Waals surface area contributed by atoms with Crippen molar-refractivity contribution in [2.45, 2.75) is 32.4 Å². The molecule has 0 bridgehead atoms. The molecule has 0 atom stereocenters. The van der Waals surface area contributed by atoms with Gasteiger partial charge in [-0.3, -0.25) is 14.6 Å². The average Bonchev–Trinajstić information content (AvgIpc) is 2.82. The van der Waals surface area contributed by atoms with Gasteiger partial charge in [-0.1, -0.05) is 30.7 Å². The Hall–Kier alpha value is -2.16. The van der Waals surface area contributed by atoms with Gasteiger partial charge in [0.15, 0.2) is 5.96 Å². The number of aliphatic imine (C=N–C) groups is 1. The number of carbonyl (C=O) groups is 1. The van der Waals surface area contributed by atoms with Gasteiger partial charge in [-0.05, 0) is 37.1 Å². The molecule has 0 aromatic heterocycles. The van der Waals surface area contributed by atoms with E-state index in [1.807, 2.05) is 0 Å². The maximum Gasteiger partial charge on any atom is 0.241 e. The van der Waals surface area contributed by atoms with Crippen LogP contribution in [0.15, 0.2) is 29.3 Å². The zero-order valence-electron chi connectivity index (χ0n) is 19.8.